The Balaban J connectivity index is 2.09. The number of hydrogen-bond acceptors (Lipinski definition) is 3. The normalized spacial score (nSPS) is 19.2. The van der Waals surface area contributed by atoms with Gasteiger partial charge in [0, 0.05) is 20.2 Å². The summed E-state index contributed by atoms with van der Waals surface area (Å²) in [7, 11) is 1.69. The van der Waals surface area contributed by atoms with E-state index in [0.29, 0.717) is 19.5 Å². The molecule has 0 aromatic heterocycles. The summed E-state index contributed by atoms with van der Waals surface area (Å²) in [5, 5.41) is 14.9. The van der Waals surface area contributed by atoms with Crippen LogP contribution in [-0.2, 0) is 4.74 Å². The molecule has 1 aliphatic rings. The number of aliphatic hydroxyl groups is 1. The molecule has 0 aromatic carbocycles. The summed E-state index contributed by atoms with van der Waals surface area (Å²) in [6.07, 6.45) is 4.18. The molecular formula is C12H24N2O3. The lowest BCUT2D eigenvalue weighted by molar-refractivity contribution is -0.0674. The van der Waals surface area contributed by atoms with Crippen LogP contribution in [0.15, 0.2) is 0 Å². The maximum atomic E-state index is 11.5. The highest BCUT2D eigenvalue weighted by molar-refractivity contribution is 5.73. The smallest absolute Gasteiger partial charge is 0.314 e. The van der Waals surface area contributed by atoms with Crippen LogP contribution >= 0.6 is 0 Å². The van der Waals surface area contributed by atoms with E-state index in [2.05, 4.69) is 10.6 Å². The molecule has 2 amide bonds. The molecule has 5 heteroatoms. The molecule has 1 fully saturated rings. The molecule has 0 aliphatic heterocycles. The van der Waals surface area contributed by atoms with Crippen molar-refractivity contribution in [3.8, 4) is 0 Å². The number of aliphatic hydroxyl groups excluding tert-OH is 1. The van der Waals surface area contributed by atoms with Crippen molar-refractivity contribution in [2.45, 2.75) is 50.7 Å². The fraction of sp³-hybridized carbons (Fsp3) is 0.917. The van der Waals surface area contributed by atoms with E-state index in [1.54, 1.807) is 7.11 Å². The molecule has 5 nitrogen and oxygen atoms in total. The third-order valence-corrected chi connectivity index (χ3v) is 3.50. The molecule has 100 valence electrons. The second-order valence-electron chi connectivity index (χ2n) is 4.70. The fourth-order valence-corrected chi connectivity index (χ4v) is 1.88. The van der Waals surface area contributed by atoms with Crippen molar-refractivity contribution in [3.05, 3.63) is 0 Å². The largest absolute Gasteiger partial charge is 0.393 e. The van der Waals surface area contributed by atoms with Gasteiger partial charge in [0.05, 0.1) is 11.7 Å². The van der Waals surface area contributed by atoms with E-state index in [0.717, 1.165) is 19.3 Å². The molecule has 1 atom stereocenters. The minimum absolute atomic E-state index is 0.139. The molecular weight excluding hydrogens is 220 g/mol. The number of methoxy groups -OCH3 is 1. The highest BCUT2D eigenvalue weighted by Crippen LogP contribution is 2.34. The second kappa shape index (κ2) is 6.81. The van der Waals surface area contributed by atoms with Crippen LogP contribution in [-0.4, -0.2) is 43.0 Å². The number of carbonyl (C=O) groups excluding carboxylic acids is 1. The van der Waals surface area contributed by atoms with Gasteiger partial charge in [-0.3, -0.25) is 0 Å². The summed E-state index contributed by atoms with van der Waals surface area (Å²) >= 11 is 0. The van der Waals surface area contributed by atoms with Gasteiger partial charge in [-0.1, -0.05) is 6.92 Å². The van der Waals surface area contributed by atoms with Crippen molar-refractivity contribution in [2.24, 2.45) is 0 Å². The summed E-state index contributed by atoms with van der Waals surface area (Å²) < 4.78 is 5.40. The Morgan fingerprint density at radius 1 is 1.47 bits per heavy atom. The molecule has 3 N–H and O–H groups in total. The van der Waals surface area contributed by atoms with Crippen molar-refractivity contribution >= 4 is 6.03 Å². The molecule has 0 aromatic rings. The van der Waals surface area contributed by atoms with Crippen LogP contribution < -0.4 is 10.6 Å². The van der Waals surface area contributed by atoms with Gasteiger partial charge in [-0.15, -0.1) is 0 Å². The predicted octanol–water partition coefficient (Wildman–Crippen LogP) is 1.02. The van der Waals surface area contributed by atoms with E-state index in [9.17, 15) is 9.90 Å². The first-order valence-electron chi connectivity index (χ1n) is 6.37. The molecule has 17 heavy (non-hydrogen) atoms. The number of amides is 2. The Morgan fingerprint density at radius 3 is 2.65 bits per heavy atom. The maximum Gasteiger partial charge on any atom is 0.314 e. The topological polar surface area (TPSA) is 70.6 Å². The van der Waals surface area contributed by atoms with Crippen LogP contribution in [0.1, 0.15) is 39.0 Å². The van der Waals surface area contributed by atoms with Gasteiger partial charge in [0.1, 0.15) is 0 Å². The molecule has 1 aliphatic carbocycles. The molecule has 1 saturated carbocycles. The van der Waals surface area contributed by atoms with Crippen LogP contribution in [0.3, 0.4) is 0 Å². The van der Waals surface area contributed by atoms with E-state index in [1.807, 2.05) is 6.92 Å². The zero-order valence-corrected chi connectivity index (χ0v) is 10.8. The number of rotatable bonds is 7. The van der Waals surface area contributed by atoms with Gasteiger partial charge in [0.25, 0.3) is 0 Å². The van der Waals surface area contributed by atoms with E-state index in [4.69, 9.17) is 4.74 Å². The van der Waals surface area contributed by atoms with Crippen molar-refractivity contribution < 1.29 is 14.6 Å². The summed E-state index contributed by atoms with van der Waals surface area (Å²) in [5.74, 6) is 0. The average Bonchev–Trinajstić information content (AvgIpc) is 2.28. The zero-order valence-electron chi connectivity index (χ0n) is 10.8. The Bertz CT molecular complexity index is 236. The molecule has 0 spiro atoms. The Labute approximate surface area is 103 Å². The summed E-state index contributed by atoms with van der Waals surface area (Å²) in [6.45, 7) is 2.98. The lowest BCUT2D eigenvalue weighted by Crippen LogP contribution is -2.51. The van der Waals surface area contributed by atoms with Gasteiger partial charge in [0.15, 0.2) is 0 Å². The second-order valence-corrected chi connectivity index (χ2v) is 4.70. The summed E-state index contributed by atoms with van der Waals surface area (Å²) in [4.78, 5) is 11.5. The van der Waals surface area contributed by atoms with Crippen molar-refractivity contribution in [3.63, 3.8) is 0 Å². The predicted molar refractivity (Wildman–Crippen MR) is 65.9 cm³/mol. The first-order valence-corrected chi connectivity index (χ1v) is 6.37. The minimum atomic E-state index is -0.327. The highest BCUT2D eigenvalue weighted by Gasteiger charge is 2.37. The van der Waals surface area contributed by atoms with Crippen LogP contribution in [0, 0.1) is 0 Å². The number of ether oxygens (including phenoxy) is 1. The van der Waals surface area contributed by atoms with Crippen molar-refractivity contribution in [1.29, 1.82) is 0 Å². The van der Waals surface area contributed by atoms with Crippen molar-refractivity contribution in [1.82, 2.24) is 10.6 Å². The molecule has 0 bridgehead atoms. The quantitative estimate of drug-likeness (QED) is 0.626. The lowest BCUT2D eigenvalue weighted by atomic mass is 9.80. The third kappa shape index (κ3) is 4.52. The van der Waals surface area contributed by atoms with Gasteiger partial charge in [-0.05, 0) is 32.1 Å². The van der Waals surface area contributed by atoms with Crippen LogP contribution in [0.4, 0.5) is 4.79 Å². The number of carbonyl (C=O) groups is 1. The van der Waals surface area contributed by atoms with Gasteiger partial charge < -0.3 is 20.5 Å². The SMILES string of the molecule is CCC(O)CCNC(=O)NCC1(OC)CCC1. The molecule has 1 rings (SSSR count). The molecule has 0 radical (unpaired) electrons. The Hall–Kier alpha value is -0.810. The van der Waals surface area contributed by atoms with E-state index in [1.165, 1.54) is 6.42 Å². The van der Waals surface area contributed by atoms with E-state index >= 15 is 0 Å². The lowest BCUT2D eigenvalue weighted by Gasteiger charge is -2.40. The number of urea groups is 1. The number of nitrogens with one attached hydrogen (secondary N) is 2. The minimum Gasteiger partial charge on any atom is -0.393 e. The van der Waals surface area contributed by atoms with Gasteiger partial charge >= 0.3 is 6.03 Å². The first kappa shape index (κ1) is 14.3. The zero-order chi connectivity index (χ0) is 12.7. The highest BCUT2D eigenvalue weighted by atomic mass is 16.5. The van der Waals surface area contributed by atoms with Crippen molar-refractivity contribution in [2.75, 3.05) is 20.2 Å². The standard InChI is InChI=1S/C12H24N2O3/c1-3-10(15)5-8-13-11(16)14-9-12(17-2)6-4-7-12/h10,15H,3-9H2,1-2H3,(H2,13,14,16). The monoisotopic (exact) mass is 244 g/mol. The molecule has 0 saturated heterocycles. The summed E-state index contributed by atoms with van der Waals surface area (Å²) in [6, 6.07) is -0.184. The fourth-order valence-electron chi connectivity index (χ4n) is 1.88. The average molecular weight is 244 g/mol. The van der Waals surface area contributed by atoms with Gasteiger partial charge in [-0.2, -0.15) is 0 Å². The van der Waals surface area contributed by atoms with Crippen LogP contribution in [0.25, 0.3) is 0 Å². The Kier molecular flexibility index (Phi) is 5.71. The van der Waals surface area contributed by atoms with E-state index in [-0.39, 0.29) is 17.7 Å². The third-order valence-electron chi connectivity index (χ3n) is 3.50. The van der Waals surface area contributed by atoms with Crippen LogP contribution in [0.5, 0.6) is 0 Å². The molecule has 1 unspecified atom stereocenters. The number of hydrogen-bond donors (Lipinski definition) is 3. The Morgan fingerprint density at radius 2 is 2.18 bits per heavy atom. The molecule has 0 heterocycles. The summed E-state index contributed by atoms with van der Waals surface area (Å²) in [5.41, 5.74) is -0.139. The first-order chi connectivity index (χ1) is 8.12. The van der Waals surface area contributed by atoms with Crippen LogP contribution in [0.2, 0.25) is 0 Å². The van der Waals surface area contributed by atoms with Gasteiger partial charge in [0.2, 0.25) is 0 Å². The van der Waals surface area contributed by atoms with E-state index < -0.39 is 0 Å². The van der Waals surface area contributed by atoms with Gasteiger partial charge in [-0.25, -0.2) is 4.79 Å². The maximum absolute atomic E-state index is 11.5.